The van der Waals surface area contributed by atoms with Gasteiger partial charge in [-0.2, -0.15) is 0 Å². The highest BCUT2D eigenvalue weighted by atomic mass is 31.3. The maximum absolute atomic E-state index is 6.03. The van der Waals surface area contributed by atoms with E-state index in [1.54, 1.807) is 0 Å². The molecule has 6 heteroatoms. The standard InChI is InChI=1S/C12H8N2O2P2/c1-3-7-11-9(5-1)13-17(15-11)14-10-6-2-4-8-12(10)16-18(13)14/h1-8H. The Bertz CT molecular complexity index is 601. The van der Waals surface area contributed by atoms with E-state index in [9.17, 15) is 0 Å². The van der Waals surface area contributed by atoms with Gasteiger partial charge in [-0.05, 0) is 24.3 Å². The van der Waals surface area contributed by atoms with Crippen LogP contribution in [0.3, 0.4) is 0 Å². The Labute approximate surface area is 107 Å². The maximum Gasteiger partial charge on any atom is 0.325 e. The molecule has 18 heavy (non-hydrogen) atoms. The van der Waals surface area contributed by atoms with Gasteiger partial charge >= 0.3 is 16.9 Å². The third-order valence-electron chi connectivity index (χ3n) is 3.17. The van der Waals surface area contributed by atoms with Gasteiger partial charge in [-0.3, -0.25) is 0 Å². The van der Waals surface area contributed by atoms with Crippen LogP contribution in [0.15, 0.2) is 48.5 Å². The van der Waals surface area contributed by atoms with Crippen molar-refractivity contribution in [3.63, 3.8) is 0 Å². The Morgan fingerprint density at radius 1 is 0.667 bits per heavy atom. The first-order chi connectivity index (χ1) is 8.93. The quantitative estimate of drug-likeness (QED) is 0.670. The molecule has 3 aliphatic heterocycles. The molecule has 0 aromatic heterocycles. The minimum Gasteiger partial charge on any atom is -0.434 e. The molecule has 0 amide bonds. The summed E-state index contributed by atoms with van der Waals surface area (Å²) < 4.78 is 16.6. The molecular formula is C12H8N2O2P2. The Morgan fingerprint density at radius 3 is 1.61 bits per heavy atom. The van der Waals surface area contributed by atoms with Crippen LogP contribution in [0.5, 0.6) is 11.5 Å². The fraction of sp³-hybridized carbons (Fsp3) is 0. The van der Waals surface area contributed by atoms with Crippen LogP contribution in [0.1, 0.15) is 0 Å². The molecule has 1 saturated heterocycles. The van der Waals surface area contributed by atoms with Crippen LogP contribution in [0.4, 0.5) is 11.4 Å². The number of para-hydroxylation sites is 4. The van der Waals surface area contributed by atoms with Crippen LogP contribution in [0, 0.1) is 0 Å². The molecule has 88 valence electrons. The van der Waals surface area contributed by atoms with E-state index in [-0.39, 0.29) is 0 Å². The van der Waals surface area contributed by atoms with E-state index < -0.39 is 16.9 Å². The van der Waals surface area contributed by atoms with Crippen LogP contribution in [0.2, 0.25) is 0 Å². The monoisotopic (exact) mass is 274 g/mol. The lowest BCUT2D eigenvalue weighted by atomic mass is 10.3. The second kappa shape index (κ2) is 3.09. The lowest BCUT2D eigenvalue weighted by Crippen LogP contribution is -2.34. The highest BCUT2D eigenvalue weighted by Gasteiger charge is 2.62. The van der Waals surface area contributed by atoms with Gasteiger partial charge in [-0.15, -0.1) is 0 Å². The molecule has 0 atom stereocenters. The van der Waals surface area contributed by atoms with Crippen LogP contribution in [0.25, 0.3) is 0 Å². The molecule has 0 unspecified atom stereocenters. The third-order valence-corrected chi connectivity index (χ3v) is 7.88. The third kappa shape index (κ3) is 0.959. The maximum atomic E-state index is 6.03. The average molecular weight is 274 g/mol. The summed E-state index contributed by atoms with van der Waals surface area (Å²) in [4.78, 5) is 0. The SMILES string of the molecule is c1ccc2c(c1)OP1N2P2Oc3ccccc3N12. The predicted molar refractivity (Wildman–Crippen MR) is 72.9 cm³/mol. The molecule has 0 radical (unpaired) electrons. The largest absolute Gasteiger partial charge is 0.434 e. The van der Waals surface area contributed by atoms with E-state index in [0.29, 0.717) is 0 Å². The van der Waals surface area contributed by atoms with Crippen molar-refractivity contribution in [3.8, 4) is 11.5 Å². The molecule has 5 rings (SSSR count). The first-order valence-corrected chi connectivity index (χ1v) is 8.01. The zero-order chi connectivity index (χ0) is 11.7. The van der Waals surface area contributed by atoms with Gasteiger partial charge in [0.25, 0.3) is 0 Å². The molecule has 4 nitrogen and oxygen atoms in total. The van der Waals surface area contributed by atoms with Gasteiger partial charge in [0.2, 0.25) is 0 Å². The van der Waals surface area contributed by atoms with Gasteiger partial charge in [0.15, 0.2) is 11.5 Å². The summed E-state index contributed by atoms with van der Waals surface area (Å²) in [7, 11) is -1.46. The average Bonchev–Trinajstić information content (AvgIpc) is 2.88. The molecule has 0 aliphatic carbocycles. The smallest absolute Gasteiger partial charge is 0.325 e. The number of hydrogen-bond acceptors (Lipinski definition) is 4. The predicted octanol–water partition coefficient (Wildman–Crippen LogP) is 4.25. The molecule has 1 fully saturated rings. The minimum atomic E-state index is -0.729. The van der Waals surface area contributed by atoms with E-state index in [4.69, 9.17) is 9.05 Å². The van der Waals surface area contributed by atoms with E-state index in [1.165, 1.54) is 11.4 Å². The van der Waals surface area contributed by atoms with Crippen molar-refractivity contribution in [1.29, 1.82) is 0 Å². The van der Waals surface area contributed by atoms with E-state index in [2.05, 4.69) is 21.0 Å². The van der Waals surface area contributed by atoms with Gasteiger partial charge in [-0.25, -0.2) is 8.88 Å². The highest BCUT2D eigenvalue weighted by molar-refractivity contribution is 7.92. The topological polar surface area (TPSA) is 24.9 Å². The summed E-state index contributed by atoms with van der Waals surface area (Å²) in [6.07, 6.45) is 0. The van der Waals surface area contributed by atoms with E-state index in [1.807, 2.05) is 36.4 Å². The number of anilines is 2. The van der Waals surface area contributed by atoms with Gasteiger partial charge in [0.05, 0.1) is 11.4 Å². The van der Waals surface area contributed by atoms with Gasteiger partial charge in [0, 0.05) is 0 Å². The number of benzene rings is 2. The van der Waals surface area contributed by atoms with Crippen molar-refractivity contribution in [3.05, 3.63) is 48.5 Å². The second-order valence-electron chi connectivity index (χ2n) is 4.20. The fourth-order valence-corrected chi connectivity index (χ4v) is 6.98. The normalized spacial score (nSPS) is 25.3. The summed E-state index contributed by atoms with van der Waals surface area (Å²) in [6.45, 7) is 0. The van der Waals surface area contributed by atoms with E-state index >= 15 is 0 Å². The van der Waals surface area contributed by atoms with E-state index in [0.717, 1.165) is 11.5 Å². The van der Waals surface area contributed by atoms with Crippen LogP contribution >= 0.6 is 16.9 Å². The Balaban J connectivity index is 1.62. The number of rotatable bonds is 0. The fourth-order valence-electron chi connectivity index (χ4n) is 2.36. The van der Waals surface area contributed by atoms with Crippen molar-refractivity contribution >= 4 is 28.3 Å². The lowest BCUT2D eigenvalue weighted by Gasteiger charge is -2.44. The molecule has 2 aromatic rings. The van der Waals surface area contributed by atoms with Gasteiger partial charge in [0.1, 0.15) is 0 Å². The van der Waals surface area contributed by atoms with Crippen LogP contribution < -0.4 is 17.9 Å². The first-order valence-electron chi connectivity index (χ1n) is 5.68. The zero-order valence-electron chi connectivity index (χ0n) is 9.22. The summed E-state index contributed by atoms with van der Waals surface area (Å²) in [5.74, 6) is 1.95. The summed E-state index contributed by atoms with van der Waals surface area (Å²) in [5, 5.41) is 0. The van der Waals surface area contributed by atoms with Crippen molar-refractivity contribution < 1.29 is 9.05 Å². The molecule has 0 N–H and O–H groups in total. The Hall–Kier alpha value is -1.50. The van der Waals surface area contributed by atoms with Crippen molar-refractivity contribution in [2.75, 3.05) is 8.88 Å². The lowest BCUT2D eigenvalue weighted by molar-refractivity contribution is 0.620. The number of fused-ring (bicyclic) bond motifs is 8. The van der Waals surface area contributed by atoms with Gasteiger partial charge < -0.3 is 9.05 Å². The van der Waals surface area contributed by atoms with Crippen molar-refractivity contribution in [1.82, 2.24) is 0 Å². The Kier molecular flexibility index (Phi) is 1.62. The molecule has 3 aliphatic rings. The zero-order valence-corrected chi connectivity index (χ0v) is 11.0. The minimum absolute atomic E-state index is 0.729. The number of nitrogens with zero attached hydrogens (tertiary/aromatic N) is 2. The molecule has 2 aromatic carbocycles. The molecule has 3 heterocycles. The highest BCUT2D eigenvalue weighted by Crippen LogP contribution is 2.85. The van der Waals surface area contributed by atoms with Gasteiger partial charge in [-0.1, -0.05) is 24.3 Å². The molecular weight excluding hydrogens is 266 g/mol. The van der Waals surface area contributed by atoms with Crippen LogP contribution in [-0.2, 0) is 0 Å². The van der Waals surface area contributed by atoms with Crippen molar-refractivity contribution in [2.24, 2.45) is 0 Å². The first kappa shape index (κ1) is 9.43. The second-order valence-corrected chi connectivity index (χ2v) is 7.81. The molecule has 0 bridgehead atoms. The number of hydrogen-bond donors (Lipinski definition) is 0. The summed E-state index contributed by atoms with van der Waals surface area (Å²) >= 11 is 0. The van der Waals surface area contributed by atoms with Crippen LogP contribution in [-0.4, -0.2) is 0 Å². The van der Waals surface area contributed by atoms with Crippen molar-refractivity contribution in [2.45, 2.75) is 0 Å². The Morgan fingerprint density at radius 2 is 1.11 bits per heavy atom. The molecule has 0 saturated carbocycles. The molecule has 0 spiro atoms. The summed E-state index contributed by atoms with van der Waals surface area (Å²) in [6, 6.07) is 16.4. The summed E-state index contributed by atoms with van der Waals surface area (Å²) in [5.41, 5.74) is 2.33.